The second-order valence-electron chi connectivity index (χ2n) is 12.4. The molecule has 13 heteroatoms. The third-order valence-corrected chi connectivity index (χ3v) is 9.88. The largest absolute Gasteiger partial charge is 0.368 e. The lowest BCUT2D eigenvalue weighted by Crippen LogP contribution is -2.44. The summed E-state index contributed by atoms with van der Waals surface area (Å²) in [5.74, 6) is 0.0527. The Balaban J connectivity index is 1.21. The number of hydrogen-bond acceptors (Lipinski definition) is 8. The van der Waals surface area contributed by atoms with Gasteiger partial charge in [-0.3, -0.25) is 9.59 Å². The average molecular weight is 666 g/mol. The zero-order chi connectivity index (χ0) is 33.1. The number of pyridine rings is 1. The molecule has 0 saturated carbocycles. The molecule has 2 fully saturated rings. The number of amides is 1. The molecular weight excluding hydrogens is 628 g/mol. The fourth-order valence-electron chi connectivity index (χ4n) is 6.86. The number of likely N-dealkylation sites (tertiary alicyclic amines) is 1. The number of rotatable bonds is 10. The van der Waals surface area contributed by atoms with Crippen molar-refractivity contribution < 1.29 is 23.2 Å². The van der Waals surface area contributed by atoms with E-state index < -0.39 is 11.8 Å². The second-order valence-corrected chi connectivity index (χ2v) is 12.9. The summed E-state index contributed by atoms with van der Waals surface area (Å²) in [7, 11) is 3.92. The molecule has 2 aliphatic heterocycles. The lowest BCUT2D eigenvalue weighted by molar-refractivity contribution is -0.128. The topological polar surface area (TPSA) is 86.5 Å². The van der Waals surface area contributed by atoms with Crippen molar-refractivity contribution in [1.29, 1.82) is 0 Å². The fourth-order valence-corrected chi connectivity index (χ4v) is 6.98. The number of nitrogens with zero attached hydrogens (tertiary/aromatic N) is 7. The van der Waals surface area contributed by atoms with Crippen molar-refractivity contribution in [2.24, 2.45) is 0 Å². The first-order valence-corrected chi connectivity index (χ1v) is 16.2. The lowest BCUT2D eigenvalue weighted by Gasteiger charge is -2.43. The van der Waals surface area contributed by atoms with Crippen LogP contribution in [0.4, 0.5) is 26.1 Å². The van der Waals surface area contributed by atoms with Gasteiger partial charge >= 0.3 is 6.47 Å². The molecule has 2 saturated heterocycles. The number of benzene rings is 2. The molecular formula is C34H38ClF2N7O3. The highest BCUT2D eigenvalue weighted by atomic mass is 35.5. The molecule has 4 heterocycles. The van der Waals surface area contributed by atoms with Gasteiger partial charge in [-0.05, 0) is 99.9 Å². The van der Waals surface area contributed by atoms with E-state index in [9.17, 15) is 18.4 Å². The summed E-state index contributed by atoms with van der Waals surface area (Å²) >= 11 is 6.08. The summed E-state index contributed by atoms with van der Waals surface area (Å²) in [6.07, 6.45) is 1.99. The van der Waals surface area contributed by atoms with E-state index in [2.05, 4.69) is 21.9 Å². The SMILES string of the molecule is CN1CCC(N(C)C(=O)c2ccc(N(OC=O)c3nc4c(N5CCC(CC(F)F)(c6ccc(Cl)cc6)CC5)cccn4n3)cc2)CC1. The number of halogens is 3. The summed E-state index contributed by atoms with van der Waals surface area (Å²) < 4.78 is 29.2. The van der Waals surface area contributed by atoms with Crippen LogP contribution in [0.25, 0.3) is 5.65 Å². The van der Waals surface area contributed by atoms with Crippen LogP contribution >= 0.6 is 11.6 Å². The van der Waals surface area contributed by atoms with Gasteiger partial charge in [-0.2, -0.15) is 4.98 Å². The van der Waals surface area contributed by atoms with Crippen LogP contribution in [0.2, 0.25) is 5.02 Å². The highest BCUT2D eigenvalue weighted by molar-refractivity contribution is 6.30. The Kier molecular flexibility index (Phi) is 9.60. The minimum Gasteiger partial charge on any atom is -0.368 e. The van der Waals surface area contributed by atoms with Gasteiger partial charge in [0.2, 0.25) is 6.43 Å². The summed E-state index contributed by atoms with van der Waals surface area (Å²) in [6, 6.07) is 17.9. The van der Waals surface area contributed by atoms with E-state index in [1.54, 1.807) is 52.0 Å². The molecule has 0 unspecified atom stereocenters. The van der Waals surface area contributed by atoms with Gasteiger partial charge in [-0.15, -0.1) is 10.2 Å². The molecule has 2 aliphatic rings. The normalized spacial score (nSPS) is 17.2. The predicted molar refractivity (Wildman–Crippen MR) is 177 cm³/mol. The second kappa shape index (κ2) is 13.8. The number of anilines is 3. The van der Waals surface area contributed by atoms with Crippen molar-refractivity contribution in [1.82, 2.24) is 24.4 Å². The summed E-state index contributed by atoms with van der Waals surface area (Å²) in [4.78, 5) is 41.0. The number of fused-ring (bicyclic) bond motifs is 1. The van der Waals surface area contributed by atoms with E-state index in [1.165, 1.54) is 5.06 Å². The molecule has 10 nitrogen and oxygen atoms in total. The van der Waals surface area contributed by atoms with Gasteiger partial charge in [0.25, 0.3) is 11.9 Å². The van der Waals surface area contributed by atoms with Gasteiger partial charge in [0.05, 0.1) is 11.4 Å². The molecule has 0 bridgehead atoms. The van der Waals surface area contributed by atoms with E-state index >= 15 is 0 Å². The van der Waals surface area contributed by atoms with Gasteiger partial charge in [0.15, 0.2) is 5.65 Å². The standard InChI is InChI=1S/C34H38ClF2N7O3/c1-40-18-13-27(14-19-40)41(2)32(46)24-5-11-28(12-6-24)44(47-23-45)33-38-31-29(4-3-17-43(31)39-33)42-20-15-34(16-21-42,22-30(36)37)25-7-9-26(35)10-8-25/h3-12,17,23,27,30H,13-16,18-22H2,1-2H3. The zero-order valence-corrected chi connectivity index (χ0v) is 27.2. The zero-order valence-electron chi connectivity index (χ0n) is 26.4. The Morgan fingerprint density at radius 2 is 1.74 bits per heavy atom. The minimum atomic E-state index is -2.43. The summed E-state index contributed by atoms with van der Waals surface area (Å²) in [5.41, 5.74) is 2.51. The van der Waals surface area contributed by atoms with Gasteiger partial charge in [0.1, 0.15) is 0 Å². The molecule has 0 radical (unpaired) electrons. The Morgan fingerprint density at radius 1 is 1.06 bits per heavy atom. The Labute approximate surface area is 277 Å². The van der Waals surface area contributed by atoms with Crippen LogP contribution in [0.1, 0.15) is 48.0 Å². The van der Waals surface area contributed by atoms with Crippen molar-refractivity contribution in [3.05, 3.63) is 83.0 Å². The van der Waals surface area contributed by atoms with E-state index in [-0.39, 0.29) is 24.3 Å². The fraction of sp³-hybridized carbons (Fsp3) is 0.412. The van der Waals surface area contributed by atoms with Crippen LogP contribution in [0, 0.1) is 0 Å². The molecule has 0 aliphatic carbocycles. The van der Waals surface area contributed by atoms with Crippen LogP contribution in [0.3, 0.4) is 0 Å². The Morgan fingerprint density at radius 3 is 2.38 bits per heavy atom. The van der Waals surface area contributed by atoms with Crippen LogP contribution in [-0.4, -0.2) is 89.5 Å². The third kappa shape index (κ3) is 6.89. The average Bonchev–Trinajstić information content (AvgIpc) is 3.52. The van der Waals surface area contributed by atoms with Gasteiger partial charge in [-0.25, -0.2) is 13.3 Å². The molecule has 0 spiro atoms. The van der Waals surface area contributed by atoms with E-state index in [0.717, 1.165) is 37.2 Å². The Hall–Kier alpha value is -4.29. The molecule has 0 atom stereocenters. The molecule has 1 amide bonds. The van der Waals surface area contributed by atoms with Gasteiger partial charge in [0, 0.05) is 54.8 Å². The van der Waals surface area contributed by atoms with Crippen LogP contribution in [-0.2, 0) is 15.0 Å². The first-order chi connectivity index (χ1) is 22.7. The maximum absolute atomic E-state index is 13.8. The molecule has 6 rings (SSSR count). The molecule has 2 aromatic carbocycles. The highest BCUT2D eigenvalue weighted by Gasteiger charge is 2.39. The predicted octanol–water partition coefficient (Wildman–Crippen LogP) is 5.97. The van der Waals surface area contributed by atoms with Crippen LogP contribution in [0.15, 0.2) is 66.9 Å². The van der Waals surface area contributed by atoms with Crippen molar-refractivity contribution in [2.75, 3.05) is 50.2 Å². The monoisotopic (exact) mass is 665 g/mol. The number of alkyl halides is 2. The van der Waals surface area contributed by atoms with Gasteiger partial charge in [-0.1, -0.05) is 23.7 Å². The maximum Gasteiger partial charge on any atom is 0.321 e. The molecule has 248 valence electrons. The van der Waals surface area contributed by atoms with Gasteiger partial charge < -0.3 is 19.5 Å². The lowest BCUT2D eigenvalue weighted by atomic mass is 9.70. The molecule has 0 N–H and O–H groups in total. The Bertz CT molecular complexity index is 1690. The molecule has 47 heavy (non-hydrogen) atoms. The number of carbonyl (C=O) groups is 2. The first-order valence-electron chi connectivity index (χ1n) is 15.8. The van der Waals surface area contributed by atoms with Crippen molar-refractivity contribution in [3.63, 3.8) is 0 Å². The first kappa shape index (κ1) is 32.6. The highest BCUT2D eigenvalue weighted by Crippen LogP contribution is 2.42. The van der Waals surface area contributed by atoms with Crippen molar-refractivity contribution in [2.45, 2.75) is 50.0 Å². The summed E-state index contributed by atoms with van der Waals surface area (Å²) in [5, 5.41) is 6.35. The van der Waals surface area contributed by atoms with E-state index in [1.807, 2.05) is 31.3 Å². The number of aromatic nitrogens is 3. The number of hydrogen-bond donors (Lipinski definition) is 0. The smallest absolute Gasteiger partial charge is 0.321 e. The molecule has 2 aromatic heterocycles. The number of carbonyl (C=O) groups excluding carboxylic acids is 2. The third-order valence-electron chi connectivity index (χ3n) is 9.63. The summed E-state index contributed by atoms with van der Waals surface area (Å²) in [6.45, 7) is 3.27. The van der Waals surface area contributed by atoms with E-state index in [0.29, 0.717) is 54.3 Å². The molecule has 4 aromatic rings. The van der Waals surface area contributed by atoms with Crippen molar-refractivity contribution >= 4 is 47.0 Å². The minimum absolute atomic E-state index is 0.0698. The van der Waals surface area contributed by atoms with Crippen molar-refractivity contribution in [3.8, 4) is 0 Å². The maximum atomic E-state index is 13.8. The van der Waals surface area contributed by atoms with Crippen LogP contribution < -0.4 is 9.96 Å². The quantitative estimate of drug-likeness (QED) is 0.151. The van der Waals surface area contributed by atoms with Crippen LogP contribution in [0.5, 0.6) is 0 Å². The number of piperidine rings is 2. The van der Waals surface area contributed by atoms with E-state index in [4.69, 9.17) is 21.4 Å².